The van der Waals surface area contributed by atoms with Gasteiger partial charge < -0.3 is 9.72 Å². The lowest BCUT2D eigenvalue weighted by Crippen LogP contribution is -2.10. The summed E-state index contributed by atoms with van der Waals surface area (Å²) in [5, 5.41) is 1.38. The fraction of sp³-hybridized carbons (Fsp3) is 0.118. The third-order valence-electron chi connectivity index (χ3n) is 3.63. The van der Waals surface area contributed by atoms with Gasteiger partial charge in [-0.25, -0.2) is 9.78 Å². The van der Waals surface area contributed by atoms with Crippen LogP contribution in [0.3, 0.4) is 0 Å². The van der Waals surface area contributed by atoms with Crippen LogP contribution in [0.15, 0.2) is 23.0 Å². The Bertz CT molecular complexity index is 1120. The molecule has 2 aromatic heterocycles. The summed E-state index contributed by atoms with van der Waals surface area (Å²) in [6, 6.07) is 5.02. The van der Waals surface area contributed by atoms with Crippen molar-refractivity contribution in [2.45, 2.75) is 6.92 Å². The number of thiophene rings is 1. The van der Waals surface area contributed by atoms with E-state index in [0.717, 1.165) is 11.3 Å². The van der Waals surface area contributed by atoms with Crippen molar-refractivity contribution < 1.29 is 9.53 Å². The van der Waals surface area contributed by atoms with Crippen molar-refractivity contribution in [3.05, 3.63) is 60.4 Å². The molecule has 1 N–H and O–H groups in total. The molecule has 0 bridgehead atoms. The number of rotatable bonds is 3. The van der Waals surface area contributed by atoms with E-state index in [9.17, 15) is 9.59 Å². The maximum atomic E-state index is 12.4. The molecule has 0 aliphatic rings. The first-order valence-corrected chi connectivity index (χ1v) is 9.21. The van der Waals surface area contributed by atoms with E-state index in [1.807, 2.05) is 0 Å². The number of hydrogen-bond donors (Lipinski definition) is 1. The zero-order valence-electron chi connectivity index (χ0n) is 13.5. The highest BCUT2D eigenvalue weighted by atomic mass is 35.5. The topological polar surface area (TPSA) is 72.0 Å². The molecule has 1 aromatic carbocycles. The van der Waals surface area contributed by atoms with E-state index in [0.29, 0.717) is 36.3 Å². The van der Waals surface area contributed by atoms with Crippen molar-refractivity contribution in [2.24, 2.45) is 0 Å². The number of nitrogens with one attached hydrogen (secondary N) is 1. The predicted octanol–water partition coefficient (Wildman–Crippen LogP) is 5.12. The van der Waals surface area contributed by atoms with Crippen molar-refractivity contribution in [3.63, 3.8) is 0 Å². The van der Waals surface area contributed by atoms with Crippen molar-refractivity contribution in [2.75, 3.05) is 7.11 Å². The second-order valence-corrected chi connectivity index (χ2v) is 7.53. The number of aryl methyl sites for hydroxylation is 1. The summed E-state index contributed by atoms with van der Waals surface area (Å²) in [5.74, 6) is -0.322. The van der Waals surface area contributed by atoms with Gasteiger partial charge in [0.2, 0.25) is 0 Å². The van der Waals surface area contributed by atoms with Crippen molar-refractivity contribution in [1.82, 2.24) is 9.97 Å². The van der Waals surface area contributed by atoms with E-state index < -0.39 is 5.97 Å². The summed E-state index contributed by atoms with van der Waals surface area (Å²) in [6.07, 6.45) is 1.61. The highest BCUT2D eigenvalue weighted by molar-refractivity contribution is 7.20. The number of H-pyrrole nitrogens is 1. The molecule has 3 aromatic rings. The van der Waals surface area contributed by atoms with Gasteiger partial charge in [-0.1, -0.05) is 40.9 Å². The third kappa shape index (κ3) is 3.50. The van der Waals surface area contributed by atoms with Gasteiger partial charge >= 0.3 is 5.97 Å². The van der Waals surface area contributed by atoms with E-state index in [1.54, 1.807) is 31.2 Å². The Morgan fingerprint density at radius 2 is 2.04 bits per heavy atom. The second-order valence-electron chi connectivity index (χ2n) is 5.31. The number of ether oxygens (including phenoxy) is 1. The summed E-state index contributed by atoms with van der Waals surface area (Å²) in [7, 11) is 1.28. The van der Waals surface area contributed by atoms with Crippen LogP contribution in [-0.4, -0.2) is 23.0 Å². The van der Waals surface area contributed by atoms with Gasteiger partial charge in [0.1, 0.15) is 9.71 Å². The maximum absolute atomic E-state index is 12.4. The molecule has 2 heterocycles. The van der Waals surface area contributed by atoms with Gasteiger partial charge in [-0.15, -0.1) is 11.3 Å². The van der Waals surface area contributed by atoms with Crippen LogP contribution in [0.4, 0.5) is 0 Å². The molecule has 0 atom stereocenters. The Hall–Kier alpha value is -1.86. The van der Waals surface area contributed by atoms with Crippen molar-refractivity contribution in [3.8, 4) is 0 Å². The summed E-state index contributed by atoms with van der Waals surface area (Å²) in [5.41, 5.74) is 0.848. The minimum absolute atomic E-state index is 0.188. The maximum Gasteiger partial charge on any atom is 0.348 e. The van der Waals surface area contributed by atoms with E-state index in [2.05, 4.69) is 9.97 Å². The molecule has 0 spiro atoms. The molecule has 5 nitrogen and oxygen atoms in total. The van der Waals surface area contributed by atoms with Gasteiger partial charge in [0.25, 0.3) is 5.56 Å². The van der Waals surface area contributed by atoms with Crippen LogP contribution in [0.25, 0.3) is 21.3 Å². The van der Waals surface area contributed by atoms with Crippen LogP contribution < -0.4 is 5.56 Å². The normalized spacial score (nSPS) is 11.8. The quantitative estimate of drug-likeness (QED) is 0.586. The van der Waals surface area contributed by atoms with Gasteiger partial charge in [-0.05, 0) is 36.3 Å². The Labute approximate surface area is 167 Å². The van der Waals surface area contributed by atoms with Crippen LogP contribution in [0.1, 0.15) is 26.6 Å². The molecule has 0 fully saturated rings. The molecule has 0 saturated heterocycles. The molecule has 0 saturated carbocycles. The zero-order valence-corrected chi connectivity index (χ0v) is 16.6. The molecule has 134 valence electrons. The highest BCUT2D eigenvalue weighted by Gasteiger charge is 2.20. The Morgan fingerprint density at radius 1 is 1.31 bits per heavy atom. The molecule has 0 radical (unpaired) electrons. The van der Waals surface area contributed by atoms with Crippen LogP contribution >= 0.6 is 46.1 Å². The van der Waals surface area contributed by atoms with Gasteiger partial charge in [0.05, 0.1) is 27.6 Å². The number of carbonyl (C=O) groups excluding carboxylic acids is 1. The molecular weight excluding hydrogens is 419 g/mol. The lowest BCUT2D eigenvalue weighted by atomic mass is 10.2. The van der Waals surface area contributed by atoms with Gasteiger partial charge in [0.15, 0.2) is 5.82 Å². The number of aromatic nitrogens is 2. The first-order valence-electron chi connectivity index (χ1n) is 7.26. The molecule has 9 heteroatoms. The lowest BCUT2D eigenvalue weighted by molar-refractivity contribution is 0.0605. The van der Waals surface area contributed by atoms with Gasteiger partial charge in [0, 0.05) is 0 Å². The third-order valence-corrected chi connectivity index (χ3v) is 5.83. The molecule has 3 rings (SSSR count). The fourth-order valence-corrected chi connectivity index (χ4v) is 3.98. The van der Waals surface area contributed by atoms with Crippen LogP contribution in [-0.2, 0) is 4.74 Å². The largest absolute Gasteiger partial charge is 0.465 e. The second kappa shape index (κ2) is 7.40. The molecule has 0 aliphatic carbocycles. The van der Waals surface area contributed by atoms with Gasteiger partial charge in [-0.2, -0.15) is 0 Å². The molecule has 0 amide bonds. The number of hydrogen-bond acceptors (Lipinski definition) is 5. The van der Waals surface area contributed by atoms with E-state index in [4.69, 9.17) is 39.5 Å². The zero-order chi connectivity index (χ0) is 19.0. The number of fused-ring (bicyclic) bond motifs is 1. The summed E-state index contributed by atoms with van der Waals surface area (Å²) < 4.78 is 4.73. The van der Waals surface area contributed by atoms with Gasteiger partial charge in [-0.3, -0.25) is 4.79 Å². The molecule has 0 aliphatic heterocycles. The smallest absolute Gasteiger partial charge is 0.348 e. The highest BCUT2D eigenvalue weighted by Crippen LogP contribution is 2.30. The Kier molecular flexibility index (Phi) is 5.39. The minimum atomic E-state index is -0.510. The fourth-order valence-electron chi connectivity index (χ4n) is 2.36. The van der Waals surface area contributed by atoms with Crippen LogP contribution in [0, 0.1) is 6.92 Å². The van der Waals surface area contributed by atoms with Crippen molar-refractivity contribution >= 4 is 73.4 Å². The summed E-state index contributed by atoms with van der Waals surface area (Å²) in [6.45, 7) is 1.68. The van der Waals surface area contributed by atoms with E-state index in [1.165, 1.54) is 7.11 Å². The minimum Gasteiger partial charge on any atom is -0.465 e. The number of carbonyl (C=O) groups is 1. The standard InChI is InChI=1S/C17H11Cl3N2O3S/c1-7-12-15(23)21-14(22-16(12)26-13(7)17(24)25-2)11(20)6-8-3-4-9(18)10(19)5-8/h3-6H,1-2H3,(H,21,22,23)/b11-6-. The van der Waals surface area contributed by atoms with Crippen molar-refractivity contribution in [1.29, 1.82) is 0 Å². The Balaban J connectivity index is 2.10. The average molecular weight is 430 g/mol. The average Bonchev–Trinajstić information content (AvgIpc) is 2.94. The van der Waals surface area contributed by atoms with Crippen LogP contribution in [0.2, 0.25) is 10.0 Å². The van der Waals surface area contributed by atoms with Crippen LogP contribution in [0.5, 0.6) is 0 Å². The predicted molar refractivity (Wildman–Crippen MR) is 107 cm³/mol. The number of halogens is 3. The first kappa shape index (κ1) is 18.9. The number of aromatic amines is 1. The number of esters is 1. The number of methoxy groups -OCH3 is 1. The van der Waals surface area contributed by atoms with E-state index in [-0.39, 0.29) is 16.4 Å². The summed E-state index contributed by atoms with van der Waals surface area (Å²) in [4.78, 5) is 32.0. The SMILES string of the molecule is COC(=O)c1sc2nc(/C(Cl)=C/c3ccc(Cl)c(Cl)c3)[nH]c(=O)c2c1C. The lowest BCUT2D eigenvalue weighted by Gasteiger charge is -2.01. The monoisotopic (exact) mass is 428 g/mol. The summed E-state index contributed by atoms with van der Waals surface area (Å²) >= 11 is 19.3. The molecular formula is C17H11Cl3N2O3S. The Morgan fingerprint density at radius 3 is 2.69 bits per heavy atom. The molecule has 26 heavy (non-hydrogen) atoms. The van der Waals surface area contributed by atoms with E-state index >= 15 is 0 Å². The number of benzene rings is 1. The number of nitrogens with zero attached hydrogens (tertiary/aromatic N) is 1. The first-order chi connectivity index (χ1) is 12.3. The molecule has 0 unspecified atom stereocenters.